The van der Waals surface area contributed by atoms with E-state index in [1.165, 1.54) is 37.9 Å². The molecule has 1 aromatic rings. The molecular formula is C16H26N2. The highest BCUT2D eigenvalue weighted by molar-refractivity contribution is 5.16. The lowest BCUT2D eigenvalue weighted by Crippen LogP contribution is -2.35. The number of benzene rings is 1. The number of nitrogens with zero attached hydrogens (tertiary/aromatic N) is 1. The standard InChI is InChI=1S/C16H26N2/c1-3-16(11-14-7-5-4-6-8-14)18-10-9-15(13-18)12-17-2/h4-8,15-17H,3,9-13H2,1-2H3. The first-order valence-electron chi connectivity index (χ1n) is 7.26. The van der Waals surface area contributed by atoms with Crippen LogP contribution >= 0.6 is 0 Å². The van der Waals surface area contributed by atoms with Gasteiger partial charge in [0, 0.05) is 12.6 Å². The van der Waals surface area contributed by atoms with E-state index in [1.54, 1.807) is 0 Å². The molecule has 0 bridgehead atoms. The number of nitrogens with one attached hydrogen (secondary N) is 1. The topological polar surface area (TPSA) is 15.3 Å². The van der Waals surface area contributed by atoms with Crippen LogP contribution < -0.4 is 5.32 Å². The molecule has 100 valence electrons. The molecule has 2 nitrogen and oxygen atoms in total. The Bertz CT molecular complexity index is 336. The fourth-order valence-corrected chi connectivity index (χ4v) is 3.07. The van der Waals surface area contributed by atoms with Crippen LogP contribution in [0.2, 0.25) is 0 Å². The molecule has 1 N–H and O–H groups in total. The molecule has 1 aliphatic heterocycles. The Morgan fingerprint density at radius 1 is 1.33 bits per heavy atom. The molecule has 2 atom stereocenters. The smallest absolute Gasteiger partial charge is 0.0133 e. The lowest BCUT2D eigenvalue weighted by molar-refractivity contribution is 0.226. The lowest BCUT2D eigenvalue weighted by atomic mass is 10.0. The fraction of sp³-hybridized carbons (Fsp3) is 0.625. The van der Waals surface area contributed by atoms with Crippen LogP contribution in [0.3, 0.4) is 0 Å². The van der Waals surface area contributed by atoms with Crippen molar-refractivity contribution in [2.75, 3.05) is 26.7 Å². The fourth-order valence-electron chi connectivity index (χ4n) is 3.07. The highest BCUT2D eigenvalue weighted by Crippen LogP contribution is 2.21. The van der Waals surface area contributed by atoms with Gasteiger partial charge in [-0.2, -0.15) is 0 Å². The zero-order chi connectivity index (χ0) is 12.8. The van der Waals surface area contributed by atoms with E-state index < -0.39 is 0 Å². The van der Waals surface area contributed by atoms with Gasteiger partial charge < -0.3 is 5.32 Å². The normalized spacial score (nSPS) is 22.2. The maximum absolute atomic E-state index is 3.31. The molecule has 2 heteroatoms. The second-order valence-corrected chi connectivity index (χ2v) is 5.46. The molecule has 0 saturated carbocycles. The van der Waals surface area contributed by atoms with Crippen LogP contribution in [0, 0.1) is 5.92 Å². The Morgan fingerprint density at radius 2 is 2.11 bits per heavy atom. The molecule has 0 radical (unpaired) electrons. The van der Waals surface area contributed by atoms with Crippen LogP contribution in [0.25, 0.3) is 0 Å². The van der Waals surface area contributed by atoms with Gasteiger partial charge >= 0.3 is 0 Å². The third-order valence-electron chi connectivity index (χ3n) is 4.11. The van der Waals surface area contributed by atoms with Gasteiger partial charge in [0.25, 0.3) is 0 Å². The van der Waals surface area contributed by atoms with Crippen LogP contribution in [0.5, 0.6) is 0 Å². The van der Waals surface area contributed by atoms with Crippen LogP contribution in [0.1, 0.15) is 25.3 Å². The molecule has 0 spiro atoms. The summed E-state index contributed by atoms with van der Waals surface area (Å²) in [6.45, 7) is 6.03. The molecule has 0 amide bonds. The molecule has 1 heterocycles. The molecule has 0 aliphatic carbocycles. The van der Waals surface area contributed by atoms with E-state index in [9.17, 15) is 0 Å². The van der Waals surface area contributed by atoms with Gasteiger partial charge in [-0.1, -0.05) is 37.3 Å². The molecule has 1 fully saturated rings. The van der Waals surface area contributed by atoms with Crippen molar-refractivity contribution in [3.63, 3.8) is 0 Å². The Hall–Kier alpha value is -0.860. The van der Waals surface area contributed by atoms with Crippen molar-refractivity contribution in [2.45, 2.75) is 32.2 Å². The van der Waals surface area contributed by atoms with Crippen molar-refractivity contribution in [2.24, 2.45) is 5.92 Å². The monoisotopic (exact) mass is 246 g/mol. The zero-order valence-corrected chi connectivity index (χ0v) is 11.7. The van der Waals surface area contributed by atoms with Crippen molar-refractivity contribution in [3.8, 4) is 0 Å². The number of hydrogen-bond donors (Lipinski definition) is 1. The second kappa shape index (κ2) is 6.91. The maximum atomic E-state index is 3.31. The van der Waals surface area contributed by atoms with Gasteiger partial charge in [-0.05, 0) is 50.9 Å². The first-order chi connectivity index (χ1) is 8.83. The van der Waals surface area contributed by atoms with Crippen molar-refractivity contribution in [3.05, 3.63) is 35.9 Å². The van der Waals surface area contributed by atoms with E-state index in [0.29, 0.717) is 6.04 Å². The van der Waals surface area contributed by atoms with Gasteiger partial charge in [0.05, 0.1) is 0 Å². The highest BCUT2D eigenvalue weighted by atomic mass is 15.2. The predicted octanol–water partition coefficient (Wildman–Crippen LogP) is 2.55. The lowest BCUT2D eigenvalue weighted by Gasteiger charge is -2.27. The Kier molecular flexibility index (Phi) is 5.21. The van der Waals surface area contributed by atoms with Gasteiger partial charge in [-0.25, -0.2) is 0 Å². The van der Waals surface area contributed by atoms with Crippen molar-refractivity contribution >= 4 is 0 Å². The third kappa shape index (κ3) is 3.56. The van der Waals surface area contributed by atoms with Crippen molar-refractivity contribution in [1.82, 2.24) is 10.2 Å². The minimum atomic E-state index is 0.717. The van der Waals surface area contributed by atoms with E-state index in [2.05, 4.69) is 54.5 Å². The maximum Gasteiger partial charge on any atom is 0.0133 e. The van der Waals surface area contributed by atoms with Crippen LogP contribution in [-0.4, -0.2) is 37.6 Å². The Morgan fingerprint density at radius 3 is 2.78 bits per heavy atom. The summed E-state index contributed by atoms with van der Waals surface area (Å²) in [5.74, 6) is 0.847. The molecule has 18 heavy (non-hydrogen) atoms. The second-order valence-electron chi connectivity index (χ2n) is 5.46. The van der Waals surface area contributed by atoms with Gasteiger partial charge in [-0.3, -0.25) is 4.90 Å². The summed E-state index contributed by atoms with van der Waals surface area (Å²) in [5.41, 5.74) is 1.47. The van der Waals surface area contributed by atoms with Gasteiger partial charge in [0.15, 0.2) is 0 Å². The van der Waals surface area contributed by atoms with E-state index in [-0.39, 0.29) is 0 Å². The average molecular weight is 246 g/mol. The van der Waals surface area contributed by atoms with E-state index in [1.807, 2.05) is 0 Å². The summed E-state index contributed by atoms with van der Waals surface area (Å²) >= 11 is 0. The van der Waals surface area contributed by atoms with Crippen molar-refractivity contribution in [1.29, 1.82) is 0 Å². The largest absolute Gasteiger partial charge is 0.319 e. The van der Waals surface area contributed by atoms with Crippen LogP contribution in [0.15, 0.2) is 30.3 Å². The van der Waals surface area contributed by atoms with E-state index >= 15 is 0 Å². The summed E-state index contributed by atoms with van der Waals surface area (Å²) in [6.07, 6.45) is 3.80. The highest BCUT2D eigenvalue weighted by Gasteiger charge is 2.26. The molecular weight excluding hydrogens is 220 g/mol. The molecule has 1 aliphatic rings. The Balaban J connectivity index is 1.90. The minimum absolute atomic E-state index is 0.717. The SMILES string of the molecule is CCC(Cc1ccccc1)N1CCC(CNC)C1. The molecule has 2 rings (SSSR count). The summed E-state index contributed by atoms with van der Waals surface area (Å²) in [4.78, 5) is 2.69. The summed E-state index contributed by atoms with van der Waals surface area (Å²) < 4.78 is 0. The molecule has 1 saturated heterocycles. The van der Waals surface area contributed by atoms with Gasteiger partial charge in [0.2, 0.25) is 0 Å². The predicted molar refractivity (Wildman–Crippen MR) is 77.8 cm³/mol. The summed E-state index contributed by atoms with van der Waals surface area (Å²) in [6, 6.07) is 11.6. The quantitative estimate of drug-likeness (QED) is 0.830. The number of rotatable bonds is 6. The van der Waals surface area contributed by atoms with E-state index in [0.717, 1.165) is 12.5 Å². The van der Waals surface area contributed by atoms with Crippen molar-refractivity contribution < 1.29 is 0 Å². The van der Waals surface area contributed by atoms with Crippen LogP contribution in [-0.2, 0) is 6.42 Å². The third-order valence-corrected chi connectivity index (χ3v) is 4.11. The number of likely N-dealkylation sites (tertiary alicyclic amines) is 1. The van der Waals surface area contributed by atoms with Crippen LogP contribution in [0.4, 0.5) is 0 Å². The molecule has 0 aromatic heterocycles. The first kappa shape index (κ1) is 13.6. The zero-order valence-electron chi connectivity index (χ0n) is 11.7. The van der Waals surface area contributed by atoms with Gasteiger partial charge in [-0.15, -0.1) is 0 Å². The Labute approximate surface area is 111 Å². The molecule has 2 unspecified atom stereocenters. The summed E-state index contributed by atoms with van der Waals surface area (Å²) in [5, 5.41) is 3.31. The molecule has 1 aromatic carbocycles. The first-order valence-corrected chi connectivity index (χ1v) is 7.26. The minimum Gasteiger partial charge on any atom is -0.319 e. The number of hydrogen-bond acceptors (Lipinski definition) is 2. The van der Waals surface area contributed by atoms with E-state index in [4.69, 9.17) is 0 Å². The average Bonchev–Trinajstić information content (AvgIpc) is 2.86. The summed E-state index contributed by atoms with van der Waals surface area (Å²) in [7, 11) is 2.06. The van der Waals surface area contributed by atoms with Gasteiger partial charge in [0.1, 0.15) is 0 Å².